The molecule has 0 fully saturated rings. The van der Waals surface area contributed by atoms with E-state index in [0.29, 0.717) is 95.3 Å². The number of methoxy groups -OCH3 is 1. The third-order valence-electron chi connectivity index (χ3n) is 12.7. The van der Waals surface area contributed by atoms with Crippen molar-refractivity contribution in [3.63, 3.8) is 0 Å². The first kappa shape index (κ1) is 60.5. The highest BCUT2D eigenvalue weighted by Crippen LogP contribution is 2.40. The summed E-state index contributed by atoms with van der Waals surface area (Å²) in [5.41, 5.74) is 8.42. The number of ether oxygens (including phenoxy) is 1. The number of aryl methyl sites for hydroxylation is 1. The number of hydrogen-bond donors (Lipinski definition) is 7. The van der Waals surface area contributed by atoms with Crippen molar-refractivity contribution in [2.45, 2.75) is 89.6 Å². The van der Waals surface area contributed by atoms with Crippen molar-refractivity contribution in [1.82, 2.24) is 50.9 Å². The van der Waals surface area contributed by atoms with Gasteiger partial charge in [0.2, 0.25) is 11.8 Å². The predicted octanol–water partition coefficient (Wildman–Crippen LogP) is 7.39. The summed E-state index contributed by atoms with van der Waals surface area (Å²) < 4.78 is 5.35. The van der Waals surface area contributed by atoms with Gasteiger partial charge < -0.3 is 41.6 Å². The third-order valence-corrected chi connectivity index (χ3v) is 18.1. The first-order valence-corrected chi connectivity index (χ1v) is 31.2. The molecule has 22 nitrogen and oxygen atoms in total. The van der Waals surface area contributed by atoms with Gasteiger partial charge in [0.15, 0.2) is 0 Å². The lowest BCUT2D eigenvalue weighted by Crippen LogP contribution is -2.49. The van der Waals surface area contributed by atoms with Crippen LogP contribution in [0.5, 0.6) is 0 Å². The molecule has 81 heavy (non-hydrogen) atoms. The Balaban J connectivity index is 1.21. The molecule has 0 saturated heterocycles. The first-order valence-electron chi connectivity index (χ1n) is 25.7. The van der Waals surface area contributed by atoms with Crippen molar-refractivity contribution < 1.29 is 38.6 Å². The molecule has 7 heterocycles. The number of aliphatic hydroxyl groups excluding tert-OH is 1. The molecule has 7 aromatic rings. The largest absolute Gasteiger partial charge is 0.386 e. The van der Waals surface area contributed by atoms with E-state index in [1.807, 2.05) is 13.8 Å². The maximum Gasteiger partial charge on any atom is 0.271 e. The standard InChI is InChI=1S/C53H60N14O8S6/c1-27(2)40-52(76-5)59-31(18-21-75-4)45(72)56-22-39(70)67(55)43(44(71)29-12-8-6-9-13-29)53-62-36(25-79-53)50-60-34(23-78-50)42-30(15-16-32(57-42)49-64-37(26-80-49)63-38(69)14-10-7-11-19-54)48-61-35(24-77-48)46(73)58-33(17-20-68)51-66-41(28(3)81-51)47(74)65-40/h6,8-9,12-13,15-16,20,23-27,31,33,40,43-44,71H,7,10-11,14,17-19,21-22,54-55H2,1-5H3,(H,56,72)(H,58,73)(H,63,69)(H,65,74)/b59-52-/t31?,33-,40-,43-,44-/m0/s1. The highest BCUT2D eigenvalue weighted by molar-refractivity contribution is 8.13. The minimum Gasteiger partial charge on any atom is -0.386 e. The zero-order valence-corrected chi connectivity index (χ0v) is 49.6. The number of unbranched alkanes of at least 4 members (excludes halogenated alkanes) is 2. The van der Waals surface area contributed by atoms with Gasteiger partial charge in [0.1, 0.15) is 83.8 Å². The second-order valence-corrected chi connectivity index (χ2v) is 24.3. The van der Waals surface area contributed by atoms with Crippen molar-refractivity contribution in [2.75, 3.05) is 38.4 Å². The number of nitrogens with zero attached hydrogens (tertiary/aromatic N) is 8. The summed E-state index contributed by atoms with van der Waals surface area (Å²) >= 11 is 7.30. The van der Waals surface area contributed by atoms with Gasteiger partial charge in [-0.25, -0.2) is 35.7 Å². The van der Waals surface area contributed by atoms with Crippen LogP contribution in [0.25, 0.3) is 43.4 Å². The normalized spacial score (nSPS) is 18.6. The third kappa shape index (κ3) is 14.9. The number of thioether (sulfide) groups is 1. The Bertz CT molecular complexity index is 3380. The lowest BCUT2D eigenvalue weighted by Gasteiger charge is -2.30. The molecule has 6 aromatic heterocycles. The molecule has 1 aliphatic heterocycles. The predicted molar refractivity (Wildman–Crippen MR) is 318 cm³/mol. The van der Waals surface area contributed by atoms with Crippen molar-refractivity contribution in [2.24, 2.45) is 22.5 Å². The molecule has 1 aliphatic rings. The number of anilines is 1. The number of rotatable bonds is 15. The van der Waals surface area contributed by atoms with Crippen LogP contribution in [0.15, 0.2) is 69.0 Å². The van der Waals surface area contributed by atoms with Gasteiger partial charge >= 0.3 is 0 Å². The molecule has 5 amide bonds. The SMILES string of the molecule is COCCC1/N=C(\SC)[C@H](C(C)C)NC(=O)c2nc(sc2C)[C@H](CC=O)NC(=O)c2csc(n2)-c2ccc(-c3nc(NC(=O)CCCCCN)cs3)nc2-c2csc(n2)-c2csc(n2)[C@H]([C@@H](O)c2ccccc2)N(N)C(=O)CNC1=O. The van der Waals surface area contributed by atoms with E-state index in [1.165, 1.54) is 52.9 Å². The van der Waals surface area contributed by atoms with Crippen molar-refractivity contribution in [3.8, 4) is 43.4 Å². The molecular formula is C53H60N14O8S6. The molecule has 8 bridgehead atoms. The number of nitrogens with two attached hydrogens (primary N) is 2. The Kier molecular flexibility index (Phi) is 21.2. The minimum atomic E-state index is -1.37. The number of hydrazine groups is 1. The van der Waals surface area contributed by atoms with Crippen LogP contribution >= 0.6 is 68.4 Å². The maximum atomic E-state index is 14.2. The number of aliphatic hydroxyl groups is 1. The van der Waals surface area contributed by atoms with E-state index in [0.717, 1.165) is 40.5 Å². The topological polar surface area (TPSA) is 325 Å². The van der Waals surface area contributed by atoms with Crippen LogP contribution in [0.2, 0.25) is 0 Å². The summed E-state index contributed by atoms with van der Waals surface area (Å²) in [6, 6.07) is 8.33. The Labute approximate surface area is 491 Å². The number of carbonyl (C=O) groups is 6. The molecule has 9 N–H and O–H groups in total. The minimum absolute atomic E-state index is 0.0502. The van der Waals surface area contributed by atoms with Crippen molar-refractivity contribution >= 4 is 115 Å². The zero-order valence-electron chi connectivity index (χ0n) is 44.7. The molecule has 0 radical (unpaired) electrons. The summed E-state index contributed by atoms with van der Waals surface area (Å²) in [5.74, 6) is 4.16. The second-order valence-electron chi connectivity index (χ2n) is 18.8. The molecule has 5 atom stereocenters. The number of pyridine rings is 1. The van der Waals surface area contributed by atoms with Crippen molar-refractivity contribution in [3.05, 3.63) is 95.8 Å². The molecule has 8 rings (SSSR count). The Morgan fingerprint density at radius 2 is 1.58 bits per heavy atom. The van der Waals surface area contributed by atoms with Crippen LogP contribution in [0.1, 0.15) is 112 Å². The van der Waals surface area contributed by atoms with Gasteiger partial charge in [-0.2, -0.15) is 0 Å². The Morgan fingerprint density at radius 3 is 2.32 bits per heavy atom. The molecule has 1 unspecified atom stereocenters. The lowest BCUT2D eigenvalue weighted by atomic mass is 10.0. The quantitative estimate of drug-likeness (QED) is 0.0228. The summed E-state index contributed by atoms with van der Waals surface area (Å²) in [4.78, 5) is 116. The number of carbonyl (C=O) groups excluding carboxylic acids is 6. The zero-order chi connectivity index (χ0) is 57.7. The number of hydrogen-bond acceptors (Lipinski definition) is 23. The Hall–Kier alpha value is -6.60. The van der Waals surface area contributed by atoms with Crippen LogP contribution in [0, 0.1) is 12.8 Å². The number of nitrogens with one attached hydrogen (secondary N) is 4. The smallest absolute Gasteiger partial charge is 0.271 e. The number of thiazole rings is 5. The van der Waals surface area contributed by atoms with Gasteiger partial charge in [0, 0.05) is 64.9 Å². The Morgan fingerprint density at radius 1 is 0.852 bits per heavy atom. The fourth-order valence-electron chi connectivity index (χ4n) is 8.44. The van der Waals surface area contributed by atoms with E-state index in [-0.39, 0.29) is 47.7 Å². The average Bonchev–Trinajstić information content (AvgIpc) is 4.37. The first-order chi connectivity index (χ1) is 39.1. The summed E-state index contributed by atoms with van der Waals surface area (Å²) in [5, 5.41) is 33.6. The fraction of sp³-hybridized carbons (Fsp3) is 0.377. The number of aliphatic imine (C=N–C) groups is 1. The molecule has 0 saturated carbocycles. The van der Waals surface area contributed by atoms with Gasteiger partial charge in [0.05, 0.1) is 29.4 Å². The average molecular weight is 1210 g/mol. The van der Waals surface area contributed by atoms with Crippen LogP contribution in [0.4, 0.5) is 5.82 Å². The summed E-state index contributed by atoms with van der Waals surface area (Å²) in [6.07, 6.45) is 3.74. The monoisotopic (exact) mass is 1210 g/mol. The van der Waals surface area contributed by atoms with E-state index in [9.17, 15) is 33.9 Å². The fourth-order valence-corrected chi connectivity index (χ4v) is 13.6. The van der Waals surface area contributed by atoms with E-state index >= 15 is 0 Å². The molecule has 0 spiro atoms. The van der Waals surface area contributed by atoms with Gasteiger partial charge in [0.25, 0.3) is 17.7 Å². The van der Waals surface area contributed by atoms with Gasteiger partial charge in [-0.1, -0.05) is 50.6 Å². The van der Waals surface area contributed by atoms with E-state index in [2.05, 4.69) is 31.2 Å². The number of aldehydes is 1. The van der Waals surface area contributed by atoms with Crippen molar-refractivity contribution in [1.29, 1.82) is 0 Å². The van der Waals surface area contributed by atoms with Crippen LogP contribution in [0.3, 0.4) is 0 Å². The van der Waals surface area contributed by atoms with Gasteiger partial charge in [-0.3, -0.25) is 34.0 Å². The van der Waals surface area contributed by atoms with Gasteiger partial charge in [-0.05, 0) is 56.2 Å². The van der Waals surface area contributed by atoms with Crippen LogP contribution in [-0.2, 0) is 23.9 Å². The molecule has 1 aromatic carbocycles. The lowest BCUT2D eigenvalue weighted by molar-refractivity contribution is -0.138. The second kappa shape index (κ2) is 28.4. The molecule has 28 heteroatoms. The molecule has 426 valence electrons. The molecular weight excluding hydrogens is 1150 g/mol. The summed E-state index contributed by atoms with van der Waals surface area (Å²) in [6.45, 7) is 5.62. The van der Waals surface area contributed by atoms with E-state index in [4.69, 9.17) is 41.2 Å². The van der Waals surface area contributed by atoms with Crippen LogP contribution < -0.4 is 32.8 Å². The number of amides is 5. The van der Waals surface area contributed by atoms with E-state index in [1.54, 1.807) is 77.2 Å². The molecule has 0 aliphatic carbocycles. The highest BCUT2D eigenvalue weighted by atomic mass is 32.2. The van der Waals surface area contributed by atoms with Crippen LogP contribution in [-0.4, -0.2) is 126 Å². The number of fused-ring (bicyclic) bond motifs is 12. The number of benzene rings is 1. The maximum absolute atomic E-state index is 14.2. The summed E-state index contributed by atoms with van der Waals surface area (Å²) in [7, 11) is 1.49. The highest BCUT2D eigenvalue weighted by Gasteiger charge is 2.35. The number of aromatic nitrogens is 6. The van der Waals surface area contributed by atoms with Gasteiger partial charge in [-0.15, -0.1) is 68.4 Å². The van der Waals surface area contributed by atoms with E-state index < -0.39 is 60.4 Å².